The van der Waals surface area contributed by atoms with Crippen molar-refractivity contribution >= 4 is 21.8 Å². The number of carbonyl (C=O) groups is 1. The molecule has 2 rings (SSSR count). The van der Waals surface area contributed by atoms with Crippen LogP contribution in [0, 0.1) is 5.82 Å². The number of hydrogen-bond donors (Lipinski definition) is 1. The summed E-state index contributed by atoms with van der Waals surface area (Å²) >= 11 is 0. The molecule has 0 aliphatic carbocycles. The van der Waals surface area contributed by atoms with E-state index in [1.807, 2.05) is 0 Å². The molecule has 1 aliphatic heterocycles. The summed E-state index contributed by atoms with van der Waals surface area (Å²) in [7, 11) is -5.07. The largest absolute Gasteiger partial charge is 0.335 e. The van der Waals surface area contributed by atoms with Crippen molar-refractivity contribution in [1.82, 2.24) is 0 Å². The molecular weight excluding hydrogens is 240 g/mol. The highest BCUT2D eigenvalue weighted by Crippen LogP contribution is 2.28. The van der Waals surface area contributed by atoms with Gasteiger partial charge in [-0.25, -0.2) is 4.39 Å². The van der Waals surface area contributed by atoms with Crippen LogP contribution in [0.25, 0.3) is 0 Å². The van der Waals surface area contributed by atoms with Gasteiger partial charge in [0.15, 0.2) is 0 Å². The second-order valence-electron chi connectivity index (χ2n) is 3.43. The minimum absolute atomic E-state index is 0.171. The molecule has 16 heavy (non-hydrogen) atoms. The highest BCUT2D eigenvalue weighted by molar-refractivity contribution is 7.86. The fourth-order valence-electron chi connectivity index (χ4n) is 1.57. The third-order valence-electron chi connectivity index (χ3n) is 2.32. The average Bonchev–Trinajstić information content (AvgIpc) is 2.14. The van der Waals surface area contributed by atoms with Gasteiger partial charge < -0.3 is 5.32 Å². The number of benzene rings is 1. The van der Waals surface area contributed by atoms with Gasteiger partial charge in [-0.15, -0.1) is 3.89 Å². The molecule has 1 aromatic rings. The van der Waals surface area contributed by atoms with Gasteiger partial charge in [0.2, 0.25) is 5.91 Å². The first-order valence-corrected chi connectivity index (χ1v) is 5.83. The maximum Gasteiger partial charge on any atom is 0.335 e. The zero-order chi connectivity index (χ0) is 11.9. The zero-order valence-electron chi connectivity index (χ0n) is 7.96. The van der Waals surface area contributed by atoms with Gasteiger partial charge >= 0.3 is 10.2 Å². The molecule has 86 valence electrons. The number of aryl methyl sites for hydroxylation is 1. The number of carbonyl (C=O) groups excluding carboxylic acids is 1. The Balaban J connectivity index is 2.59. The lowest BCUT2D eigenvalue weighted by Crippen LogP contribution is -2.19. The minimum atomic E-state index is -5.07. The normalized spacial score (nSPS) is 15.5. The summed E-state index contributed by atoms with van der Waals surface area (Å²) in [5.74, 6) is -1.48. The Bertz CT molecular complexity index is 568. The molecule has 0 spiro atoms. The number of nitrogens with one attached hydrogen (secondary N) is 1. The Morgan fingerprint density at radius 1 is 1.25 bits per heavy atom. The van der Waals surface area contributed by atoms with Crippen molar-refractivity contribution < 1.29 is 21.5 Å². The molecule has 0 unspecified atom stereocenters. The van der Waals surface area contributed by atoms with E-state index in [0.29, 0.717) is 5.56 Å². The van der Waals surface area contributed by atoms with Crippen molar-refractivity contribution in [2.24, 2.45) is 0 Å². The van der Waals surface area contributed by atoms with Gasteiger partial charge in [-0.2, -0.15) is 8.42 Å². The van der Waals surface area contributed by atoms with Crippen LogP contribution in [0.3, 0.4) is 0 Å². The van der Waals surface area contributed by atoms with E-state index in [4.69, 9.17) is 0 Å². The minimum Gasteiger partial charge on any atom is -0.326 e. The topological polar surface area (TPSA) is 63.2 Å². The van der Waals surface area contributed by atoms with Crippen molar-refractivity contribution in [3.63, 3.8) is 0 Å². The number of amides is 1. The van der Waals surface area contributed by atoms with Crippen LogP contribution in [-0.4, -0.2) is 14.3 Å². The van der Waals surface area contributed by atoms with Crippen LogP contribution in [0.4, 0.5) is 14.0 Å². The van der Waals surface area contributed by atoms with Crippen molar-refractivity contribution in [1.29, 1.82) is 0 Å². The van der Waals surface area contributed by atoms with E-state index >= 15 is 0 Å². The lowest BCUT2D eigenvalue weighted by Gasteiger charge is -2.17. The van der Waals surface area contributed by atoms with Crippen LogP contribution in [0.1, 0.15) is 12.0 Å². The Hall–Kier alpha value is -1.50. The SMILES string of the molecule is O=C1CCc2cc(S(=O)(=O)F)c(F)cc2N1. The van der Waals surface area contributed by atoms with Gasteiger partial charge in [0.25, 0.3) is 0 Å². The van der Waals surface area contributed by atoms with Gasteiger partial charge in [0, 0.05) is 12.1 Å². The van der Waals surface area contributed by atoms with E-state index in [1.165, 1.54) is 0 Å². The summed E-state index contributed by atoms with van der Waals surface area (Å²) in [6, 6.07) is 1.73. The molecular formula is C9H7F2NO3S. The molecule has 0 aromatic heterocycles. The molecule has 0 radical (unpaired) electrons. The predicted molar refractivity (Wildman–Crippen MR) is 51.6 cm³/mol. The smallest absolute Gasteiger partial charge is 0.326 e. The summed E-state index contributed by atoms with van der Waals surface area (Å²) in [6.45, 7) is 0. The van der Waals surface area contributed by atoms with Crippen LogP contribution in [0.15, 0.2) is 17.0 Å². The van der Waals surface area contributed by atoms with Crippen molar-refractivity contribution in [3.05, 3.63) is 23.5 Å². The monoisotopic (exact) mass is 247 g/mol. The average molecular weight is 247 g/mol. The second kappa shape index (κ2) is 3.51. The Morgan fingerprint density at radius 3 is 2.56 bits per heavy atom. The molecule has 0 fully saturated rings. The first-order valence-electron chi connectivity index (χ1n) is 4.45. The van der Waals surface area contributed by atoms with Crippen molar-refractivity contribution in [2.45, 2.75) is 17.7 Å². The summed E-state index contributed by atoms with van der Waals surface area (Å²) in [4.78, 5) is 10.0. The Kier molecular flexibility index (Phi) is 2.42. The van der Waals surface area contributed by atoms with E-state index < -0.39 is 20.9 Å². The lowest BCUT2D eigenvalue weighted by molar-refractivity contribution is -0.116. The van der Waals surface area contributed by atoms with E-state index in [-0.39, 0.29) is 24.4 Å². The van der Waals surface area contributed by atoms with E-state index in [1.54, 1.807) is 0 Å². The molecule has 1 aromatic carbocycles. The quantitative estimate of drug-likeness (QED) is 0.762. The van der Waals surface area contributed by atoms with Gasteiger partial charge in [-0.05, 0) is 24.1 Å². The highest BCUT2D eigenvalue weighted by atomic mass is 32.3. The fraction of sp³-hybridized carbons (Fsp3) is 0.222. The third-order valence-corrected chi connectivity index (χ3v) is 3.15. The number of rotatable bonds is 1. The van der Waals surface area contributed by atoms with Crippen molar-refractivity contribution in [2.75, 3.05) is 5.32 Å². The van der Waals surface area contributed by atoms with Gasteiger partial charge in [-0.1, -0.05) is 0 Å². The Labute approximate surface area is 90.5 Å². The van der Waals surface area contributed by atoms with E-state index in [0.717, 1.165) is 12.1 Å². The standard InChI is InChI=1S/C9H7F2NO3S/c10-6-4-7-5(1-2-9(13)12-7)3-8(6)16(11,14)15/h3-4H,1-2H2,(H,12,13). The van der Waals surface area contributed by atoms with E-state index in [9.17, 15) is 21.5 Å². The molecule has 1 amide bonds. The number of halogens is 2. The molecule has 1 aliphatic rings. The highest BCUT2D eigenvalue weighted by Gasteiger charge is 2.23. The number of hydrogen-bond acceptors (Lipinski definition) is 3. The lowest BCUT2D eigenvalue weighted by atomic mass is 10.0. The second-order valence-corrected chi connectivity index (χ2v) is 4.74. The first kappa shape index (κ1) is 11.0. The molecule has 1 N–H and O–H groups in total. The molecule has 1 heterocycles. The maximum absolute atomic E-state index is 13.2. The summed E-state index contributed by atoms with van der Waals surface area (Å²) in [5.41, 5.74) is 0.610. The van der Waals surface area contributed by atoms with Crippen LogP contribution in [0.2, 0.25) is 0 Å². The van der Waals surface area contributed by atoms with Crippen LogP contribution in [0.5, 0.6) is 0 Å². The summed E-state index contributed by atoms with van der Waals surface area (Å²) < 4.78 is 47.1. The first-order chi connectivity index (χ1) is 7.38. The molecule has 0 saturated carbocycles. The molecule has 4 nitrogen and oxygen atoms in total. The molecule has 0 bridgehead atoms. The van der Waals surface area contributed by atoms with Crippen molar-refractivity contribution in [3.8, 4) is 0 Å². The number of fused-ring (bicyclic) bond motifs is 1. The third kappa shape index (κ3) is 1.90. The van der Waals surface area contributed by atoms with Gasteiger partial charge in [0.05, 0.1) is 0 Å². The summed E-state index contributed by atoms with van der Waals surface area (Å²) in [6.07, 6.45) is 0.439. The van der Waals surface area contributed by atoms with E-state index in [2.05, 4.69) is 5.32 Å². The maximum atomic E-state index is 13.2. The molecule has 7 heteroatoms. The Morgan fingerprint density at radius 2 is 1.94 bits per heavy atom. The van der Waals surface area contributed by atoms with Crippen LogP contribution in [-0.2, 0) is 21.4 Å². The van der Waals surface area contributed by atoms with Crippen LogP contribution >= 0.6 is 0 Å². The van der Waals surface area contributed by atoms with Gasteiger partial charge in [0.1, 0.15) is 10.7 Å². The fourth-order valence-corrected chi connectivity index (χ4v) is 2.14. The number of anilines is 1. The summed E-state index contributed by atoms with van der Waals surface area (Å²) in [5, 5.41) is 2.38. The zero-order valence-corrected chi connectivity index (χ0v) is 8.77. The molecule has 0 saturated heterocycles. The van der Waals surface area contributed by atoms with Gasteiger partial charge in [-0.3, -0.25) is 4.79 Å². The predicted octanol–water partition coefficient (Wildman–Crippen LogP) is 1.37. The molecule has 0 atom stereocenters. The van der Waals surface area contributed by atoms with Crippen LogP contribution < -0.4 is 5.32 Å².